The van der Waals surface area contributed by atoms with Crippen LogP contribution in [0.3, 0.4) is 0 Å². The number of hydrogen-bond acceptors (Lipinski definition) is 3. The monoisotopic (exact) mass is 414 g/mol. The maximum absolute atomic E-state index is 12.9. The van der Waals surface area contributed by atoms with Crippen LogP contribution < -0.4 is 10.6 Å². The van der Waals surface area contributed by atoms with Crippen LogP contribution in [0.15, 0.2) is 35.3 Å². The third kappa shape index (κ3) is 5.15. The van der Waals surface area contributed by atoms with E-state index in [1.807, 2.05) is 14.1 Å². The van der Waals surface area contributed by atoms with Crippen molar-refractivity contribution in [3.63, 3.8) is 0 Å². The lowest BCUT2D eigenvalue weighted by Gasteiger charge is -2.38. The minimum atomic E-state index is -0.346. The first-order chi connectivity index (χ1) is 14.5. The molecule has 1 aliphatic heterocycles. The Morgan fingerprint density at radius 1 is 1.07 bits per heavy atom. The number of guanidine groups is 1. The van der Waals surface area contributed by atoms with E-state index in [0.29, 0.717) is 6.54 Å². The summed E-state index contributed by atoms with van der Waals surface area (Å²) in [5, 5.41) is 6.98. The number of ether oxygens (including phenoxy) is 1. The summed E-state index contributed by atoms with van der Waals surface area (Å²) in [6.45, 7) is 5.79. The van der Waals surface area contributed by atoms with Crippen molar-refractivity contribution in [3.8, 4) is 0 Å². The topological polar surface area (TPSA) is 66.0 Å². The lowest BCUT2D eigenvalue weighted by molar-refractivity contribution is -0.138. The van der Waals surface area contributed by atoms with Crippen LogP contribution in [0, 0.1) is 5.41 Å². The molecular formula is C24H38N4O2. The van der Waals surface area contributed by atoms with Crippen LogP contribution >= 0.6 is 0 Å². The van der Waals surface area contributed by atoms with Gasteiger partial charge in [-0.05, 0) is 38.2 Å². The van der Waals surface area contributed by atoms with Gasteiger partial charge in [0, 0.05) is 45.8 Å². The van der Waals surface area contributed by atoms with Gasteiger partial charge in [-0.15, -0.1) is 0 Å². The van der Waals surface area contributed by atoms with Crippen molar-refractivity contribution >= 4 is 11.9 Å². The fourth-order valence-electron chi connectivity index (χ4n) is 4.91. The Morgan fingerprint density at radius 3 is 2.33 bits per heavy atom. The predicted octanol–water partition coefficient (Wildman–Crippen LogP) is 2.94. The SMILES string of the molecule is CCNC(=NCC1(C(=O)N(C)C)CCCC1)NCC1(c2ccccc2)CCOCC1. The molecule has 0 bridgehead atoms. The third-order valence-electron chi connectivity index (χ3n) is 6.73. The van der Waals surface area contributed by atoms with Crippen LogP contribution in [0.1, 0.15) is 51.0 Å². The summed E-state index contributed by atoms with van der Waals surface area (Å²) >= 11 is 0. The molecule has 1 aliphatic carbocycles. The first-order valence-electron chi connectivity index (χ1n) is 11.4. The summed E-state index contributed by atoms with van der Waals surface area (Å²) < 4.78 is 5.66. The van der Waals surface area contributed by atoms with Gasteiger partial charge in [0.2, 0.25) is 5.91 Å². The van der Waals surface area contributed by atoms with Crippen molar-refractivity contribution in [2.75, 3.05) is 46.9 Å². The average Bonchev–Trinajstić information content (AvgIpc) is 3.26. The summed E-state index contributed by atoms with van der Waals surface area (Å²) in [5.41, 5.74) is 1.05. The van der Waals surface area contributed by atoms with Crippen LogP contribution in [0.5, 0.6) is 0 Å². The fraction of sp³-hybridized carbons (Fsp3) is 0.667. The zero-order valence-electron chi connectivity index (χ0n) is 18.9. The second-order valence-corrected chi connectivity index (χ2v) is 8.99. The minimum absolute atomic E-state index is 0.0419. The molecule has 0 radical (unpaired) electrons. The lowest BCUT2D eigenvalue weighted by Crippen LogP contribution is -2.48. The highest BCUT2D eigenvalue weighted by atomic mass is 16.5. The molecule has 1 saturated heterocycles. The zero-order valence-corrected chi connectivity index (χ0v) is 18.9. The largest absolute Gasteiger partial charge is 0.381 e. The molecule has 166 valence electrons. The molecule has 3 rings (SSSR count). The maximum atomic E-state index is 12.9. The van der Waals surface area contributed by atoms with Gasteiger partial charge in [0.05, 0.1) is 12.0 Å². The van der Waals surface area contributed by atoms with Crippen LogP contribution in [-0.2, 0) is 14.9 Å². The van der Waals surface area contributed by atoms with E-state index in [0.717, 1.165) is 70.8 Å². The Labute approximate surface area is 181 Å². The summed E-state index contributed by atoms with van der Waals surface area (Å²) in [7, 11) is 3.70. The molecule has 6 nitrogen and oxygen atoms in total. The van der Waals surface area contributed by atoms with E-state index in [9.17, 15) is 4.79 Å². The van der Waals surface area contributed by atoms with Crippen LogP contribution in [0.25, 0.3) is 0 Å². The molecule has 1 heterocycles. The molecule has 1 aromatic rings. The Bertz CT molecular complexity index is 705. The quantitative estimate of drug-likeness (QED) is 0.532. The molecule has 0 atom stereocenters. The summed E-state index contributed by atoms with van der Waals surface area (Å²) in [5.74, 6) is 1.02. The van der Waals surface area contributed by atoms with Gasteiger partial charge >= 0.3 is 0 Å². The number of nitrogens with one attached hydrogen (secondary N) is 2. The molecule has 1 saturated carbocycles. The molecule has 0 aromatic heterocycles. The summed E-state index contributed by atoms with van der Waals surface area (Å²) in [6, 6.07) is 10.7. The van der Waals surface area contributed by atoms with Gasteiger partial charge in [0.25, 0.3) is 0 Å². The molecule has 1 amide bonds. The fourth-order valence-corrected chi connectivity index (χ4v) is 4.91. The Kier molecular flexibility index (Phi) is 7.75. The van der Waals surface area contributed by atoms with Gasteiger partial charge in [0.1, 0.15) is 0 Å². The van der Waals surface area contributed by atoms with Gasteiger partial charge in [-0.2, -0.15) is 0 Å². The van der Waals surface area contributed by atoms with Gasteiger partial charge < -0.3 is 20.3 Å². The van der Waals surface area contributed by atoms with E-state index in [-0.39, 0.29) is 16.7 Å². The molecule has 0 spiro atoms. The number of nitrogens with zero attached hydrogens (tertiary/aromatic N) is 2. The number of aliphatic imine (C=N–C) groups is 1. The van der Waals surface area contributed by atoms with Crippen molar-refractivity contribution in [3.05, 3.63) is 35.9 Å². The molecule has 2 fully saturated rings. The van der Waals surface area contributed by atoms with Crippen molar-refractivity contribution in [2.24, 2.45) is 10.4 Å². The van der Waals surface area contributed by atoms with E-state index in [4.69, 9.17) is 9.73 Å². The Hall–Kier alpha value is -2.08. The van der Waals surface area contributed by atoms with E-state index in [1.54, 1.807) is 4.90 Å². The summed E-state index contributed by atoms with van der Waals surface area (Å²) in [6.07, 6.45) is 6.06. The highest BCUT2D eigenvalue weighted by Crippen LogP contribution is 2.40. The lowest BCUT2D eigenvalue weighted by atomic mass is 9.74. The van der Waals surface area contributed by atoms with E-state index >= 15 is 0 Å². The molecule has 30 heavy (non-hydrogen) atoms. The summed E-state index contributed by atoms with van der Waals surface area (Å²) in [4.78, 5) is 19.5. The van der Waals surface area contributed by atoms with Crippen LogP contribution in [0.2, 0.25) is 0 Å². The smallest absolute Gasteiger partial charge is 0.230 e. The third-order valence-corrected chi connectivity index (χ3v) is 6.73. The molecule has 0 unspecified atom stereocenters. The second kappa shape index (κ2) is 10.3. The van der Waals surface area contributed by atoms with Gasteiger partial charge in [-0.25, -0.2) is 0 Å². The minimum Gasteiger partial charge on any atom is -0.381 e. The molecule has 2 N–H and O–H groups in total. The van der Waals surface area contributed by atoms with Crippen molar-refractivity contribution in [2.45, 2.75) is 50.9 Å². The van der Waals surface area contributed by atoms with Gasteiger partial charge in [-0.1, -0.05) is 43.2 Å². The number of benzene rings is 1. The highest BCUT2D eigenvalue weighted by Gasteiger charge is 2.42. The second-order valence-electron chi connectivity index (χ2n) is 8.99. The number of rotatable bonds is 7. The Morgan fingerprint density at radius 2 is 1.73 bits per heavy atom. The Balaban J connectivity index is 1.74. The van der Waals surface area contributed by atoms with E-state index < -0.39 is 0 Å². The first-order valence-corrected chi connectivity index (χ1v) is 11.4. The standard InChI is InChI=1S/C24H38N4O2/c1-4-25-22(27-19-24(12-8-9-13-24)21(29)28(2)3)26-18-23(14-16-30-17-15-23)20-10-6-5-7-11-20/h5-7,10-11H,4,8-9,12-19H2,1-3H3,(H2,25,26,27). The zero-order chi connectivity index (χ0) is 21.5. The van der Waals surface area contributed by atoms with Crippen molar-refractivity contribution in [1.29, 1.82) is 0 Å². The van der Waals surface area contributed by atoms with Crippen LogP contribution in [0.4, 0.5) is 0 Å². The molecule has 6 heteroatoms. The van der Waals surface area contributed by atoms with Crippen LogP contribution in [-0.4, -0.2) is 63.7 Å². The van der Waals surface area contributed by atoms with Gasteiger partial charge in [-0.3, -0.25) is 9.79 Å². The van der Waals surface area contributed by atoms with Crippen molar-refractivity contribution < 1.29 is 9.53 Å². The number of carbonyl (C=O) groups is 1. The number of amides is 1. The molecule has 2 aliphatic rings. The highest BCUT2D eigenvalue weighted by molar-refractivity contribution is 5.84. The normalized spacial score (nSPS) is 20.6. The first kappa shape index (κ1) is 22.6. The van der Waals surface area contributed by atoms with Crippen molar-refractivity contribution in [1.82, 2.24) is 15.5 Å². The molecule has 1 aromatic carbocycles. The van der Waals surface area contributed by atoms with E-state index in [1.165, 1.54) is 5.56 Å². The predicted molar refractivity (Wildman–Crippen MR) is 122 cm³/mol. The average molecular weight is 415 g/mol. The van der Waals surface area contributed by atoms with E-state index in [2.05, 4.69) is 47.9 Å². The molecular weight excluding hydrogens is 376 g/mol. The maximum Gasteiger partial charge on any atom is 0.230 e. The number of hydrogen-bond donors (Lipinski definition) is 2. The number of carbonyl (C=O) groups excluding carboxylic acids is 1. The van der Waals surface area contributed by atoms with Gasteiger partial charge in [0.15, 0.2) is 5.96 Å².